The minimum atomic E-state index is 0.599. The van der Waals surface area contributed by atoms with Crippen LogP contribution in [0.15, 0.2) is 47.0 Å². The van der Waals surface area contributed by atoms with E-state index in [1.165, 1.54) is 28.1 Å². The molecule has 94 valence electrons. The number of nitrogens with zero attached hydrogens (tertiary/aromatic N) is 1. The quantitative estimate of drug-likeness (QED) is 0.755. The van der Waals surface area contributed by atoms with E-state index in [0.717, 1.165) is 0 Å². The summed E-state index contributed by atoms with van der Waals surface area (Å²) >= 11 is 2.02. The van der Waals surface area contributed by atoms with Gasteiger partial charge in [0.15, 0.2) is 0 Å². The second-order valence-electron chi connectivity index (χ2n) is 5.41. The van der Waals surface area contributed by atoms with Crippen LogP contribution in [0.5, 0.6) is 0 Å². The van der Waals surface area contributed by atoms with Crippen molar-refractivity contribution in [1.82, 2.24) is 4.90 Å². The first-order chi connectivity index (χ1) is 8.63. The molecule has 1 aromatic rings. The lowest BCUT2D eigenvalue weighted by Gasteiger charge is -2.33. The van der Waals surface area contributed by atoms with Crippen molar-refractivity contribution in [1.29, 1.82) is 0 Å². The van der Waals surface area contributed by atoms with E-state index in [-0.39, 0.29) is 0 Å². The predicted molar refractivity (Wildman–Crippen MR) is 78.9 cm³/mol. The predicted octanol–water partition coefficient (Wildman–Crippen LogP) is 3.64. The molecule has 1 nitrogen and oxygen atoms in total. The molecule has 0 amide bonds. The Kier molecular flexibility index (Phi) is 2.98. The first-order valence-corrected chi connectivity index (χ1v) is 7.35. The van der Waals surface area contributed by atoms with Crippen molar-refractivity contribution in [3.63, 3.8) is 0 Å². The number of rotatable bonds is 1. The second-order valence-corrected chi connectivity index (χ2v) is 6.63. The number of aryl methyl sites for hydroxylation is 1. The van der Waals surface area contributed by atoms with E-state index in [2.05, 4.69) is 62.3 Å². The molecule has 0 bridgehead atoms. The Morgan fingerprint density at radius 1 is 1.28 bits per heavy atom. The van der Waals surface area contributed by atoms with Gasteiger partial charge in [0.1, 0.15) is 0 Å². The molecule has 0 N–H and O–H groups in total. The monoisotopic (exact) mass is 257 g/mol. The fourth-order valence-electron chi connectivity index (χ4n) is 2.62. The van der Waals surface area contributed by atoms with Crippen LogP contribution in [-0.2, 0) is 6.42 Å². The summed E-state index contributed by atoms with van der Waals surface area (Å²) in [5.41, 5.74) is 4.21. The molecule has 0 spiro atoms. The molecular weight excluding hydrogens is 238 g/mol. The van der Waals surface area contributed by atoms with Gasteiger partial charge in [-0.05, 0) is 43.0 Å². The standard InChI is InChI=1S/C16H19NS/c1-11-4-5-12-9-13-6-7-14(17(2)3)10-16(13)18-15(12)8-11/h4-8,10,13,16H,9H2,1-3H3. The molecule has 0 saturated carbocycles. The lowest BCUT2D eigenvalue weighted by Crippen LogP contribution is -2.25. The second kappa shape index (κ2) is 4.51. The van der Waals surface area contributed by atoms with E-state index in [1.807, 2.05) is 11.8 Å². The van der Waals surface area contributed by atoms with Gasteiger partial charge in [0.2, 0.25) is 0 Å². The number of hydrogen-bond acceptors (Lipinski definition) is 2. The molecule has 1 aliphatic heterocycles. The van der Waals surface area contributed by atoms with Crippen molar-refractivity contribution in [2.75, 3.05) is 14.1 Å². The average Bonchev–Trinajstić information content (AvgIpc) is 2.35. The third kappa shape index (κ3) is 2.10. The van der Waals surface area contributed by atoms with Gasteiger partial charge >= 0.3 is 0 Å². The zero-order chi connectivity index (χ0) is 12.7. The number of hydrogen-bond donors (Lipinski definition) is 0. The van der Waals surface area contributed by atoms with Gasteiger partial charge < -0.3 is 4.90 Å². The van der Waals surface area contributed by atoms with Crippen LogP contribution in [0.3, 0.4) is 0 Å². The van der Waals surface area contributed by atoms with Crippen molar-refractivity contribution in [2.45, 2.75) is 23.5 Å². The van der Waals surface area contributed by atoms with Crippen molar-refractivity contribution >= 4 is 11.8 Å². The summed E-state index contributed by atoms with van der Waals surface area (Å²) in [6.45, 7) is 2.18. The number of fused-ring (bicyclic) bond motifs is 2. The van der Waals surface area contributed by atoms with Gasteiger partial charge in [-0.3, -0.25) is 0 Å². The Balaban J connectivity index is 1.92. The minimum Gasteiger partial charge on any atom is -0.378 e. The van der Waals surface area contributed by atoms with Gasteiger partial charge in [-0.25, -0.2) is 0 Å². The molecule has 1 heterocycles. The molecule has 1 aromatic carbocycles. The molecule has 18 heavy (non-hydrogen) atoms. The highest BCUT2D eigenvalue weighted by Crippen LogP contribution is 2.42. The van der Waals surface area contributed by atoms with E-state index in [1.54, 1.807) is 0 Å². The summed E-state index contributed by atoms with van der Waals surface area (Å²) in [6, 6.07) is 6.86. The maximum atomic E-state index is 2.42. The number of thioether (sulfide) groups is 1. The van der Waals surface area contributed by atoms with Crippen LogP contribution in [0.1, 0.15) is 11.1 Å². The number of benzene rings is 1. The van der Waals surface area contributed by atoms with Gasteiger partial charge in [0.05, 0.1) is 0 Å². The lowest BCUT2D eigenvalue weighted by molar-refractivity contribution is 0.513. The third-order valence-electron chi connectivity index (χ3n) is 3.73. The molecule has 2 atom stereocenters. The van der Waals surface area contributed by atoms with Crippen molar-refractivity contribution in [3.8, 4) is 0 Å². The summed E-state index contributed by atoms with van der Waals surface area (Å²) in [6.07, 6.45) is 8.25. The van der Waals surface area contributed by atoms with Gasteiger partial charge in [-0.15, -0.1) is 11.8 Å². The molecule has 2 aliphatic rings. The lowest BCUT2D eigenvalue weighted by atomic mass is 9.90. The van der Waals surface area contributed by atoms with E-state index in [4.69, 9.17) is 0 Å². The van der Waals surface area contributed by atoms with Gasteiger partial charge in [-0.2, -0.15) is 0 Å². The SMILES string of the molecule is Cc1ccc2c(c1)SC1C=C(N(C)C)C=CC1C2. The minimum absolute atomic E-state index is 0.599. The highest BCUT2D eigenvalue weighted by Gasteiger charge is 2.28. The molecule has 2 heteroatoms. The van der Waals surface area contributed by atoms with Gasteiger partial charge in [0, 0.05) is 29.9 Å². The highest BCUT2D eigenvalue weighted by molar-refractivity contribution is 8.00. The first kappa shape index (κ1) is 11.9. The molecular formula is C16H19NS. The molecule has 0 radical (unpaired) electrons. The maximum Gasteiger partial charge on any atom is 0.0363 e. The topological polar surface area (TPSA) is 3.24 Å². The van der Waals surface area contributed by atoms with Crippen LogP contribution in [-0.4, -0.2) is 24.2 Å². The average molecular weight is 257 g/mol. The molecule has 0 saturated heterocycles. The van der Waals surface area contributed by atoms with Crippen LogP contribution >= 0.6 is 11.8 Å². The fourth-order valence-corrected chi connectivity index (χ4v) is 4.04. The Bertz CT molecular complexity index is 528. The smallest absolute Gasteiger partial charge is 0.0363 e. The number of likely N-dealkylation sites (N-methyl/N-ethyl adjacent to an activating group) is 1. The Labute approximate surface area is 114 Å². The van der Waals surface area contributed by atoms with Crippen molar-refractivity contribution < 1.29 is 0 Å². The van der Waals surface area contributed by atoms with Crippen LogP contribution in [0.25, 0.3) is 0 Å². The molecule has 3 rings (SSSR count). The van der Waals surface area contributed by atoms with Crippen LogP contribution in [0, 0.1) is 12.8 Å². The Morgan fingerprint density at radius 3 is 2.89 bits per heavy atom. The summed E-state index contributed by atoms with van der Waals surface area (Å²) < 4.78 is 0. The summed E-state index contributed by atoms with van der Waals surface area (Å²) in [7, 11) is 4.23. The largest absolute Gasteiger partial charge is 0.378 e. The fraction of sp³-hybridized carbons (Fsp3) is 0.375. The van der Waals surface area contributed by atoms with E-state index < -0.39 is 0 Å². The summed E-state index contributed by atoms with van der Waals surface area (Å²) in [4.78, 5) is 3.67. The van der Waals surface area contributed by atoms with E-state index in [9.17, 15) is 0 Å². The van der Waals surface area contributed by atoms with E-state index in [0.29, 0.717) is 11.2 Å². The maximum absolute atomic E-state index is 2.42. The first-order valence-electron chi connectivity index (χ1n) is 6.47. The molecule has 0 aromatic heterocycles. The van der Waals surface area contributed by atoms with Crippen LogP contribution < -0.4 is 0 Å². The number of allylic oxidation sites excluding steroid dienone is 2. The van der Waals surface area contributed by atoms with Gasteiger partial charge in [-0.1, -0.05) is 23.8 Å². The molecule has 1 aliphatic carbocycles. The van der Waals surface area contributed by atoms with Crippen LogP contribution in [0.4, 0.5) is 0 Å². The highest BCUT2D eigenvalue weighted by atomic mass is 32.2. The Morgan fingerprint density at radius 2 is 2.11 bits per heavy atom. The summed E-state index contributed by atoms with van der Waals surface area (Å²) in [5.74, 6) is 0.661. The van der Waals surface area contributed by atoms with Crippen molar-refractivity contribution in [2.24, 2.45) is 5.92 Å². The van der Waals surface area contributed by atoms with E-state index >= 15 is 0 Å². The van der Waals surface area contributed by atoms with Gasteiger partial charge in [0.25, 0.3) is 0 Å². The normalized spacial score (nSPS) is 25.2. The third-order valence-corrected chi connectivity index (χ3v) is 5.12. The molecule has 0 fully saturated rings. The van der Waals surface area contributed by atoms with Crippen molar-refractivity contribution in [3.05, 3.63) is 53.3 Å². The van der Waals surface area contributed by atoms with Crippen LogP contribution in [0.2, 0.25) is 0 Å². The zero-order valence-electron chi connectivity index (χ0n) is 11.2. The summed E-state index contributed by atoms with van der Waals surface area (Å²) in [5, 5.41) is 0.599. The zero-order valence-corrected chi connectivity index (χ0v) is 12.0. The Hall–Kier alpha value is -1.15. The molecule has 2 unspecified atom stereocenters.